The van der Waals surface area contributed by atoms with E-state index in [-0.39, 0.29) is 17.2 Å². The van der Waals surface area contributed by atoms with E-state index < -0.39 is 22.3 Å². The zero-order chi connectivity index (χ0) is 14.7. The number of halogens is 1. The van der Waals surface area contributed by atoms with Gasteiger partial charge in [-0.05, 0) is 24.3 Å². The zero-order valence-corrected chi connectivity index (χ0v) is 9.95. The van der Waals surface area contributed by atoms with Crippen LogP contribution in [0, 0.1) is 15.9 Å². The molecule has 0 heterocycles. The van der Waals surface area contributed by atoms with E-state index in [2.05, 4.69) is 0 Å². The molecule has 0 unspecified atom stereocenters. The molecule has 1 N–H and O–H groups in total. The molecule has 2 rings (SSSR count). The molecule has 6 nitrogen and oxygen atoms in total. The summed E-state index contributed by atoms with van der Waals surface area (Å²) < 4.78 is 18.3. The Morgan fingerprint density at radius 2 is 1.90 bits per heavy atom. The molecule has 0 bridgehead atoms. The average Bonchev–Trinajstić information content (AvgIpc) is 2.41. The molecule has 0 aliphatic rings. The second kappa shape index (κ2) is 5.35. The van der Waals surface area contributed by atoms with Gasteiger partial charge < -0.3 is 9.84 Å². The molecule has 0 radical (unpaired) electrons. The minimum Gasteiger partial charge on any atom is -0.478 e. The molecule has 0 aliphatic carbocycles. The largest absolute Gasteiger partial charge is 0.478 e. The van der Waals surface area contributed by atoms with Gasteiger partial charge in [0.05, 0.1) is 4.92 Å². The van der Waals surface area contributed by atoms with Crippen LogP contribution in [0.15, 0.2) is 42.5 Å². The highest BCUT2D eigenvalue weighted by Gasteiger charge is 2.18. The van der Waals surface area contributed by atoms with E-state index >= 15 is 0 Å². The maximum absolute atomic E-state index is 13.0. The Hall–Kier alpha value is -2.96. The van der Waals surface area contributed by atoms with E-state index in [0.29, 0.717) is 0 Å². The summed E-state index contributed by atoms with van der Waals surface area (Å²) in [7, 11) is 0. The summed E-state index contributed by atoms with van der Waals surface area (Å²) >= 11 is 0. The lowest BCUT2D eigenvalue weighted by Crippen LogP contribution is -2.01. The van der Waals surface area contributed by atoms with Gasteiger partial charge in [0.2, 0.25) is 5.75 Å². The molecule has 0 aliphatic heterocycles. The third-order valence-corrected chi connectivity index (χ3v) is 2.45. The standard InChI is InChI=1S/C13H8FNO5/c14-8-5-6-11(9(7-8)13(16)17)20-12-4-2-1-3-10(12)15(18)19/h1-7H,(H,16,17). The number of ether oxygens (including phenoxy) is 1. The van der Waals surface area contributed by atoms with Crippen molar-refractivity contribution in [3.63, 3.8) is 0 Å². The fourth-order valence-corrected chi connectivity index (χ4v) is 1.57. The maximum atomic E-state index is 13.0. The summed E-state index contributed by atoms with van der Waals surface area (Å²) in [4.78, 5) is 21.2. The normalized spacial score (nSPS) is 10.1. The van der Waals surface area contributed by atoms with Gasteiger partial charge in [-0.3, -0.25) is 10.1 Å². The van der Waals surface area contributed by atoms with Gasteiger partial charge in [-0.25, -0.2) is 9.18 Å². The molecule has 7 heteroatoms. The van der Waals surface area contributed by atoms with Crippen LogP contribution >= 0.6 is 0 Å². The molecule has 2 aromatic rings. The van der Waals surface area contributed by atoms with Crippen LogP contribution in [0.25, 0.3) is 0 Å². The van der Waals surface area contributed by atoms with Crippen molar-refractivity contribution < 1.29 is 24.0 Å². The quantitative estimate of drug-likeness (QED) is 0.684. The van der Waals surface area contributed by atoms with Crippen LogP contribution in [0.4, 0.5) is 10.1 Å². The summed E-state index contributed by atoms with van der Waals surface area (Å²) in [5, 5.41) is 19.8. The number of nitro benzene ring substituents is 1. The number of rotatable bonds is 4. The predicted octanol–water partition coefficient (Wildman–Crippen LogP) is 3.22. The SMILES string of the molecule is O=C(O)c1cc(F)ccc1Oc1ccccc1[N+](=O)[O-]. The molecule has 0 spiro atoms. The third kappa shape index (κ3) is 2.72. The summed E-state index contributed by atoms with van der Waals surface area (Å²) in [5.41, 5.74) is -0.726. The molecule has 0 amide bonds. The van der Waals surface area contributed by atoms with E-state index in [1.165, 1.54) is 24.3 Å². The van der Waals surface area contributed by atoms with E-state index in [0.717, 1.165) is 18.2 Å². The van der Waals surface area contributed by atoms with Crippen molar-refractivity contribution in [1.82, 2.24) is 0 Å². The van der Waals surface area contributed by atoms with E-state index in [9.17, 15) is 19.3 Å². The van der Waals surface area contributed by atoms with Crippen molar-refractivity contribution in [2.75, 3.05) is 0 Å². The number of nitro groups is 1. The molecule has 0 aromatic heterocycles. The van der Waals surface area contributed by atoms with Gasteiger partial charge in [0.1, 0.15) is 17.1 Å². The Kier molecular flexibility index (Phi) is 3.60. The maximum Gasteiger partial charge on any atom is 0.339 e. The first-order valence-corrected chi connectivity index (χ1v) is 5.43. The van der Waals surface area contributed by atoms with Gasteiger partial charge in [-0.2, -0.15) is 0 Å². The number of aromatic carboxylic acids is 1. The zero-order valence-electron chi connectivity index (χ0n) is 9.95. The smallest absolute Gasteiger partial charge is 0.339 e. The van der Waals surface area contributed by atoms with Crippen LogP contribution in [0.5, 0.6) is 11.5 Å². The molecule has 0 saturated heterocycles. The Morgan fingerprint density at radius 3 is 2.55 bits per heavy atom. The second-order valence-corrected chi connectivity index (χ2v) is 3.77. The van der Waals surface area contributed by atoms with Crippen molar-refractivity contribution in [1.29, 1.82) is 0 Å². The summed E-state index contributed by atoms with van der Waals surface area (Å²) in [6.07, 6.45) is 0. The molecule has 20 heavy (non-hydrogen) atoms. The van der Waals surface area contributed by atoms with E-state index in [1.54, 1.807) is 0 Å². The number of hydrogen-bond donors (Lipinski definition) is 1. The molecule has 0 saturated carbocycles. The number of carbonyl (C=O) groups is 1. The first-order chi connectivity index (χ1) is 9.49. The molecule has 102 valence electrons. The summed E-state index contributed by atoms with van der Waals surface area (Å²) in [6, 6.07) is 8.41. The molecule has 2 aromatic carbocycles. The highest BCUT2D eigenvalue weighted by Crippen LogP contribution is 2.32. The van der Waals surface area contributed by atoms with Crippen molar-refractivity contribution in [2.45, 2.75) is 0 Å². The fraction of sp³-hybridized carbons (Fsp3) is 0. The number of para-hydroxylation sites is 2. The Morgan fingerprint density at radius 1 is 1.20 bits per heavy atom. The van der Waals surface area contributed by atoms with Crippen LogP contribution in [-0.4, -0.2) is 16.0 Å². The highest BCUT2D eigenvalue weighted by atomic mass is 19.1. The Labute approximate surface area is 112 Å². The molecule has 0 atom stereocenters. The minimum absolute atomic E-state index is 0.119. The fourth-order valence-electron chi connectivity index (χ4n) is 1.57. The van der Waals surface area contributed by atoms with Crippen molar-refractivity contribution in [3.8, 4) is 11.5 Å². The van der Waals surface area contributed by atoms with Crippen molar-refractivity contribution >= 4 is 11.7 Å². The van der Waals surface area contributed by atoms with Gasteiger partial charge in [-0.1, -0.05) is 12.1 Å². The van der Waals surface area contributed by atoms with Gasteiger partial charge in [0, 0.05) is 6.07 Å². The summed E-state index contributed by atoms with van der Waals surface area (Å²) in [5.74, 6) is -2.42. The van der Waals surface area contributed by atoms with Crippen LogP contribution in [0.1, 0.15) is 10.4 Å². The predicted molar refractivity (Wildman–Crippen MR) is 66.5 cm³/mol. The van der Waals surface area contributed by atoms with Crippen LogP contribution in [-0.2, 0) is 0 Å². The van der Waals surface area contributed by atoms with Crippen molar-refractivity contribution in [3.05, 3.63) is 64.0 Å². The molecule has 0 fully saturated rings. The molecular weight excluding hydrogens is 269 g/mol. The van der Waals surface area contributed by atoms with Crippen LogP contribution in [0.3, 0.4) is 0 Å². The third-order valence-electron chi connectivity index (χ3n) is 2.45. The first kappa shape index (κ1) is 13.5. The first-order valence-electron chi connectivity index (χ1n) is 5.43. The number of benzene rings is 2. The topological polar surface area (TPSA) is 89.7 Å². The molecular formula is C13H8FNO5. The minimum atomic E-state index is -1.39. The second-order valence-electron chi connectivity index (χ2n) is 3.77. The Bertz CT molecular complexity index is 686. The van der Waals surface area contributed by atoms with E-state index in [1.807, 2.05) is 0 Å². The van der Waals surface area contributed by atoms with Gasteiger partial charge in [0.15, 0.2) is 0 Å². The summed E-state index contributed by atoms with van der Waals surface area (Å²) in [6.45, 7) is 0. The lowest BCUT2D eigenvalue weighted by Gasteiger charge is -2.08. The Balaban J connectivity index is 2.45. The van der Waals surface area contributed by atoms with E-state index in [4.69, 9.17) is 9.84 Å². The number of nitrogens with zero attached hydrogens (tertiary/aromatic N) is 1. The number of carboxylic acid groups (broad SMARTS) is 1. The van der Waals surface area contributed by atoms with Gasteiger partial charge in [-0.15, -0.1) is 0 Å². The van der Waals surface area contributed by atoms with Crippen LogP contribution < -0.4 is 4.74 Å². The number of hydrogen-bond acceptors (Lipinski definition) is 4. The lowest BCUT2D eigenvalue weighted by atomic mass is 10.2. The monoisotopic (exact) mass is 277 g/mol. The lowest BCUT2D eigenvalue weighted by molar-refractivity contribution is -0.385. The van der Waals surface area contributed by atoms with Gasteiger partial charge >= 0.3 is 11.7 Å². The van der Waals surface area contributed by atoms with Crippen molar-refractivity contribution in [2.24, 2.45) is 0 Å². The number of carboxylic acids is 1. The average molecular weight is 277 g/mol. The van der Waals surface area contributed by atoms with Gasteiger partial charge in [0.25, 0.3) is 0 Å². The highest BCUT2D eigenvalue weighted by molar-refractivity contribution is 5.91. The van der Waals surface area contributed by atoms with Crippen LogP contribution in [0.2, 0.25) is 0 Å².